The molecule has 1 aromatic carbocycles. The molecular weight excluding hydrogens is 234 g/mol. The second-order valence-electron chi connectivity index (χ2n) is 5.17. The van der Waals surface area contributed by atoms with Crippen LogP contribution in [0.4, 0.5) is 0 Å². The molecule has 0 aromatic heterocycles. The highest BCUT2D eigenvalue weighted by atomic mass is 16.5. The van der Waals surface area contributed by atoms with Gasteiger partial charge in [-0.05, 0) is 25.6 Å². The fourth-order valence-electron chi connectivity index (χ4n) is 2.20. The number of unbranched alkanes of at least 4 members (excludes halogenated alkanes) is 5. The highest BCUT2D eigenvalue weighted by Gasteiger charge is 2.06. The number of rotatable bonds is 11. The first-order valence-electron chi connectivity index (χ1n) is 7.72. The molecule has 108 valence electrons. The maximum atomic E-state index is 5.79. The number of likely N-dealkylation sites (N-methyl/N-ethyl adjacent to an activating group) is 1. The van der Waals surface area contributed by atoms with Crippen LogP contribution in [0.1, 0.15) is 51.9 Å². The van der Waals surface area contributed by atoms with Crippen LogP contribution in [-0.4, -0.2) is 19.7 Å². The predicted molar refractivity (Wildman–Crippen MR) is 82.8 cm³/mol. The van der Waals surface area contributed by atoms with E-state index < -0.39 is 0 Å². The Bertz CT molecular complexity index is 299. The van der Waals surface area contributed by atoms with Crippen molar-refractivity contribution >= 4 is 0 Å². The van der Waals surface area contributed by atoms with E-state index in [0.29, 0.717) is 6.04 Å². The summed E-state index contributed by atoms with van der Waals surface area (Å²) in [6.07, 6.45) is 9.33. The quantitative estimate of drug-likeness (QED) is 0.597. The smallest absolute Gasteiger partial charge is 0.119 e. The van der Waals surface area contributed by atoms with Gasteiger partial charge in [0.1, 0.15) is 12.4 Å². The van der Waals surface area contributed by atoms with Crippen LogP contribution in [0.15, 0.2) is 30.3 Å². The topological polar surface area (TPSA) is 21.3 Å². The first-order chi connectivity index (χ1) is 9.36. The Kier molecular flexibility index (Phi) is 9.17. The summed E-state index contributed by atoms with van der Waals surface area (Å²) in [6.45, 7) is 3.02. The maximum absolute atomic E-state index is 5.79. The molecule has 1 unspecified atom stereocenters. The predicted octanol–water partition coefficient (Wildman–Crippen LogP) is 4.40. The molecule has 19 heavy (non-hydrogen) atoms. The van der Waals surface area contributed by atoms with E-state index in [2.05, 4.69) is 12.2 Å². The normalized spacial score (nSPS) is 12.3. The second kappa shape index (κ2) is 10.9. The van der Waals surface area contributed by atoms with Crippen molar-refractivity contribution in [3.05, 3.63) is 30.3 Å². The maximum Gasteiger partial charge on any atom is 0.119 e. The number of ether oxygens (including phenoxy) is 1. The van der Waals surface area contributed by atoms with E-state index in [9.17, 15) is 0 Å². The van der Waals surface area contributed by atoms with E-state index in [1.54, 1.807) is 0 Å². The Balaban J connectivity index is 2.09. The molecule has 0 heterocycles. The summed E-state index contributed by atoms with van der Waals surface area (Å²) < 4.78 is 5.79. The van der Waals surface area contributed by atoms with Crippen molar-refractivity contribution in [2.45, 2.75) is 57.9 Å². The zero-order valence-corrected chi connectivity index (χ0v) is 12.5. The van der Waals surface area contributed by atoms with Crippen LogP contribution >= 0.6 is 0 Å². The number of benzene rings is 1. The molecule has 0 amide bonds. The molecule has 0 spiro atoms. The van der Waals surface area contributed by atoms with Gasteiger partial charge in [-0.15, -0.1) is 0 Å². The Morgan fingerprint density at radius 2 is 1.68 bits per heavy atom. The Labute approximate surface area is 118 Å². The SMILES string of the molecule is CCCCCCCCC(COc1ccccc1)NC. The summed E-state index contributed by atoms with van der Waals surface area (Å²) in [6, 6.07) is 10.5. The lowest BCUT2D eigenvalue weighted by atomic mass is 10.1. The van der Waals surface area contributed by atoms with Crippen LogP contribution in [0.5, 0.6) is 5.75 Å². The van der Waals surface area contributed by atoms with Crippen molar-refractivity contribution < 1.29 is 4.74 Å². The molecule has 1 N–H and O–H groups in total. The number of para-hydroxylation sites is 1. The lowest BCUT2D eigenvalue weighted by molar-refractivity contribution is 0.260. The van der Waals surface area contributed by atoms with Gasteiger partial charge in [0.25, 0.3) is 0 Å². The fraction of sp³-hybridized carbons (Fsp3) is 0.647. The van der Waals surface area contributed by atoms with Gasteiger partial charge >= 0.3 is 0 Å². The molecule has 2 nitrogen and oxygen atoms in total. The van der Waals surface area contributed by atoms with Crippen LogP contribution in [-0.2, 0) is 0 Å². The van der Waals surface area contributed by atoms with Crippen LogP contribution in [0, 0.1) is 0 Å². The van der Waals surface area contributed by atoms with Crippen LogP contribution in [0.3, 0.4) is 0 Å². The van der Waals surface area contributed by atoms with E-state index in [1.165, 1.54) is 44.9 Å². The molecule has 0 saturated heterocycles. The third-order valence-electron chi connectivity index (χ3n) is 3.51. The molecule has 0 fully saturated rings. The average Bonchev–Trinajstić information content (AvgIpc) is 2.47. The molecule has 1 rings (SSSR count). The summed E-state index contributed by atoms with van der Waals surface area (Å²) in [5.41, 5.74) is 0. The molecule has 1 aromatic rings. The van der Waals surface area contributed by atoms with Crippen LogP contribution in [0.2, 0.25) is 0 Å². The largest absolute Gasteiger partial charge is 0.492 e. The van der Waals surface area contributed by atoms with Gasteiger partial charge in [-0.1, -0.05) is 63.6 Å². The summed E-state index contributed by atoms with van der Waals surface area (Å²) in [7, 11) is 2.02. The second-order valence-corrected chi connectivity index (χ2v) is 5.17. The molecule has 0 radical (unpaired) electrons. The van der Waals surface area contributed by atoms with E-state index in [1.807, 2.05) is 37.4 Å². The van der Waals surface area contributed by atoms with Gasteiger partial charge in [0.05, 0.1) is 0 Å². The Morgan fingerprint density at radius 3 is 2.37 bits per heavy atom. The van der Waals surface area contributed by atoms with Gasteiger partial charge in [0.15, 0.2) is 0 Å². The zero-order chi connectivity index (χ0) is 13.8. The first-order valence-corrected chi connectivity index (χ1v) is 7.72. The van der Waals surface area contributed by atoms with Crippen molar-refractivity contribution in [3.8, 4) is 5.75 Å². The number of hydrogen-bond acceptors (Lipinski definition) is 2. The summed E-state index contributed by atoms with van der Waals surface area (Å²) in [4.78, 5) is 0. The molecule has 0 aliphatic carbocycles. The minimum absolute atomic E-state index is 0.464. The minimum atomic E-state index is 0.464. The standard InChI is InChI=1S/C17H29NO/c1-3-4-5-6-7-9-12-16(18-2)15-19-17-13-10-8-11-14-17/h8,10-11,13-14,16,18H,3-7,9,12,15H2,1-2H3. The van der Waals surface area contributed by atoms with E-state index in [4.69, 9.17) is 4.74 Å². The summed E-state index contributed by atoms with van der Waals surface area (Å²) in [5.74, 6) is 0.964. The summed E-state index contributed by atoms with van der Waals surface area (Å²) >= 11 is 0. The highest BCUT2D eigenvalue weighted by molar-refractivity contribution is 5.20. The van der Waals surface area contributed by atoms with Gasteiger partial charge < -0.3 is 10.1 Å². The van der Waals surface area contributed by atoms with E-state index in [-0.39, 0.29) is 0 Å². The van der Waals surface area contributed by atoms with Crippen molar-refractivity contribution in [1.82, 2.24) is 5.32 Å². The zero-order valence-electron chi connectivity index (χ0n) is 12.5. The van der Waals surface area contributed by atoms with Gasteiger partial charge in [0.2, 0.25) is 0 Å². The summed E-state index contributed by atoms with van der Waals surface area (Å²) in [5, 5.41) is 3.35. The minimum Gasteiger partial charge on any atom is -0.492 e. The third kappa shape index (κ3) is 7.89. The molecule has 2 heteroatoms. The van der Waals surface area contributed by atoms with Gasteiger partial charge in [0, 0.05) is 6.04 Å². The van der Waals surface area contributed by atoms with Crippen molar-refractivity contribution in [3.63, 3.8) is 0 Å². The molecule has 0 saturated carbocycles. The van der Waals surface area contributed by atoms with Gasteiger partial charge in [-0.2, -0.15) is 0 Å². The molecule has 0 aliphatic rings. The molecule has 0 aliphatic heterocycles. The van der Waals surface area contributed by atoms with Crippen molar-refractivity contribution in [2.24, 2.45) is 0 Å². The molecular formula is C17H29NO. The molecule has 0 bridgehead atoms. The van der Waals surface area contributed by atoms with E-state index in [0.717, 1.165) is 12.4 Å². The Morgan fingerprint density at radius 1 is 1.00 bits per heavy atom. The molecule has 1 atom stereocenters. The first kappa shape index (κ1) is 16.0. The van der Waals surface area contributed by atoms with Crippen molar-refractivity contribution in [1.29, 1.82) is 0 Å². The lowest BCUT2D eigenvalue weighted by Gasteiger charge is -2.17. The monoisotopic (exact) mass is 263 g/mol. The third-order valence-corrected chi connectivity index (χ3v) is 3.51. The highest BCUT2D eigenvalue weighted by Crippen LogP contribution is 2.11. The average molecular weight is 263 g/mol. The number of nitrogens with one attached hydrogen (secondary N) is 1. The van der Waals surface area contributed by atoms with Crippen molar-refractivity contribution in [2.75, 3.05) is 13.7 Å². The lowest BCUT2D eigenvalue weighted by Crippen LogP contribution is -2.31. The van der Waals surface area contributed by atoms with Crippen LogP contribution < -0.4 is 10.1 Å². The number of hydrogen-bond donors (Lipinski definition) is 1. The fourth-order valence-corrected chi connectivity index (χ4v) is 2.20. The van der Waals surface area contributed by atoms with Crippen LogP contribution in [0.25, 0.3) is 0 Å². The van der Waals surface area contributed by atoms with Gasteiger partial charge in [-0.25, -0.2) is 0 Å². The van der Waals surface area contributed by atoms with E-state index >= 15 is 0 Å². The van der Waals surface area contributed by atoms with Gasteiger partial charge in [-0.3, -0.25) is 0 Å². The Hall–Kier alpha value is -1.02.